The van der Waals surface area contributed by atoms with E-state index in [-0.39, 0.29) is 23.3 Å². The lowest BCUT2D eigenvalue weighted by molar-refractivity contribution is 0.0992. The molecule has 1 N–H and O–H groups in total. The molecule has 0 spiro atoms. The quantitative estimate of drug-likeness (QED) is 0.386. The summed E-state index contributed by atoms with van der Waals surface area (Å²) in [6, 6.07) is 17.0. The van der Waals surface area contributed by atoms with Crippen molar-refractivity contribution in [1.29, 1.82) is 0 Å². The highest BCUT2D eigenvalue weighted by atomic mass is 35.5. The van der Waals surface area contributed by atoms with Crippen LogP contribution in [0.2, 0.25) is 5.02 Å². The van der Waals surface area contributed by atoms with Gasteiger partial charge in [0.2, 0.25) is 0 Å². The van der Waals surface area contributed by atoms with Gasteiger partial charge in [0.05, 0.1) is 28.6 Å². The van der Waals surface area contributed by atoms with E-state index in [1.807, 2.05) is 48.9 Å². The van der Waals surface area contributed by atoms with Crippen LogP contribution in [0.25, 0.3) is 0 Å². The molecule has 2 heterocycles. The van der Waals surface area contributed by atoms with Crippen LogP contribution < -0.4 is 10.1 Å². The first kappa shape index (κ1) is 21.6. The van der Waals surface area contributed by atoms with Gasteiger partial charge in [0.15, 0.2) is 5.76 Å². The maximum atomic E-state index is 13.1. The lowest BCUT2D eigenvalue weighted by atomic mass is 10.2. The molecule has 0 aliphatic heterocycles. The number of aromatic nitrogens is 2. The van der Waals surface area contributed by atoms with E-state index < -0.39 is 5.82 Å². The number of carbonyl (C=O) groups excluding carboxylic acids is 1. The summed E-state index contributed by atoms with van der Waals surface area (Å²) in [6.45, 7) is 4.41. The zero-order chi connectivity index (χ0) is 22.7. The van der Waals surface area contributed by atoms with Gasteiger partial charge in [0.25, 0.3) is 5.91 Å². The van der Waals surface area contributed by atoms with E-state index in [2.05, 4.69) is 10.4 Å². The van der Waals surface area contributed by atoms with Gasteiger partial charge in [-0.05, 0) is 49.7 Å². The van der Waals surface area contributed by atoms with Gasteiger partial charge in [0, 0.05) is 0 Å². The zero-order valence-corrected chi connectivity index (χ0v) is 18.3. The molecule has 4 aromatic rings. The third-order valence-corrected chi connectivity index (χ3v) is 5.24. The highest BCUT2D eigenvalue weighted by molar-refractivity contribution is 6.32. The standard InChI is InChI=1S/C24H21ClFN3O3/c1-15-23(16(2)29(28-15)13-17-6-4-3-5-7-17)27-24(30)22-11-9-19(32-22)14-31-21-10-8-18(26)12-20(21)25/h3-12H,13-14H2,1-2H3,(H,27,30). The van der Waals surface area contributed by atoms with E-state index in [1.54, 1.807) is 12.1 Å². The van der Waals surface area contributed by atoms with Gasteiger partial charge < -0.3 is 14.5 Å². The number of rotatable bonds is 7. The molecule has 1 amide bonds. The molecule has 8 heteroatoms. The molecule has 0 atom stereocenters. The molecule has 164 valence electrons. The first-order chi connectivity index (χ1) is 15.4. The fourth-order valence-corrected chi connectivity index (χ4v) is 3.50. The third kappa shape index (κ3) is 4.84. The molecule has 32 heavy (non-hydrogen) atoms. The summed E-state index contributed by atoms with van der Waals surface area (Å²) in [5.74, 6) is 0.0678. The maximum absolute atomic E-state index is 13.1. The van der Waals surface area contributed by atoms with Crippen LogP contribution in [-0.4, -0.2) is 15.7 Å². The van der Waals surface area contributed by atoms with Crippen LogP contribution in [-0.2, 0) is 13.2 Å². The molecule has 0 aliphatic carbocycles. The lowest BCUT2D eigenvalue weighted by Gasteiger charge is -2.07. The summed E-state index contributed by atoms with van der Waals surface area (Å²) in [6.07, 6.45) is 0. The minimum atomic E-state index is -0.447. The normalized spacial score (nSPS) is 10.9. The van der Waals surface area contributed by atoms with Crippen molar-refractivity contribution in [3.63, 3.8) is 0 Å². The number of furan rings is 1. The SMILES string of the molecule is Cc1nn(Cc2ccccc2)c(C)c1NC(=O)c1ccc(COc2ccc(F)cc2Cl)o1. The fraction of sp³-hybridized carbons (Fsp3) is 0.167. The predicted molar refractivity (Wildman–Crippen MR) is 120 cm³/mol. The Balaban J connectivity index is 1.42. The van der Waals surface area contributed by atoms with E-state index >= 15 is 0 Å². The average Bonchev–Trinajstić information content (AvgIpc) is 3.34. The van der Waals surface area contributed by atoms with Crippen molar-refractivity contribution in [3.8, 4) is 5.75 Å². The van der Waals surface area contributed by atoms with Crippen molar-refractivity contribution in [2.24, 2.45) is 0 Å². The Bertz CT molecular complexity index is 1250. The number of anilines is 1. The molecule has 2 aromatic heterocycles. The smallest absolute Gasteiger partial charge is 0.291 e. The van der Waals surface area contributed by atoms with Crippen LogP contribution in [0, 0.1) is 19.7 Å². The van der Waals surface area contributed by atoms with Gasteiger partial charge >= 0.3 is 0 Å². The van der Waals surface area contributed by atoms with Crippen LogP contribution in [0.15, 0.2) is 65.1 Å². The van der Waals surface area contributed by atoms with Crippen LogP contribution >= 0.6 is 11.6 Å². The summed E-state index contributed by atoms with van der Waals surface area (Å²) in [7, 11) is 0. The van der Waals surface area contributed by atoms with Crippen molar-refractivity contribution in [1.82, 2.24) is 9.78 Å². The molecule has 2 aromatic carbocycles. The number of hydrogen-bond donors (Lipinski definition) is 1. The first-order valence-electron chi connectivity index (χ1n) is 9.96. The number of halogens is 2. The Kier molecular flexibility index (Phi) is 6.28. The minimum Gasteiger partial charge on any atom is -0.484 e. The monoisotopic (exact) mass is 453 g/mol. The van der Waals surface area contributed by atoms with E-state index in [4.69, 9.17) is 20.8 Å². The number of nitrogens with zero attached hydrogens (tertiary/aromatic N) is 2. The molecule has 0 saturated carbocycles. The molecule has 0 radical (unpaired) electrons. The number of ether oxygens (including phenoxy) is 1. The second-order valence-corrected chi connectivity index (χ2v) is 7.68. The van der Waals surface area contributed by atoms with Gasteiger partial charge in [-0.2, -0.15) is 5.10 Å². The molecular weight excluding hydrogens is 433 g/mol. The van der Waals surface area contributed by atoms with Gasteiger partial charge in [-0.1, -0.05) is 41.9 Å². The third-order valence-electron chi connectivity index (χ3n) is 4.94. The molecule has 0 bridgehead atoms. The minimum absolute atomic E-state index is 0.0473. The summed E-state index contributed by atoms with van der Waals surface area (Å²) < 4.78 is 26.1. The number of nitrogens with one attached hydrogen (secondary N) is 1. The number of benzene rings is 2. The van der Waals surface area contributed by atoms with E-state index in [9.17, 15) is 9.18 Å². The average molecular weight is 454 g/mol. The van der Waals surface area contributed by atoms with E-state index in [0.717, 1.165) is 11.3 Å². The Labute approximate surface area is 189 Å². The maximum Gasteiger partial charge on any atom is 0.291 e. The lowest BCUT2D eigenvalue weighted by Crippen LogP contribution is -2.12. The summed E-state index contributed by atoms with van der Waals surface area (Å²) in [5.41, 5.74) is 3.33. The van der Waals surface area contributed by atoms with Crippen molar-refractivity contribution < 1.29 is 18.3 Å². The fourth-order valence-electron chi connectivity index (χ4n) is 3.28. The van der Waals surface area contributed by atoms with Gasteiger partial charge in [-0.3, -0.25) is 9.48 Å². The van der Waals surface area contributed by atoms with Crippen LogP contribution in [0.4, 0.5) is 10.1 Å². The zero-order valence-electron chi connectivity index (χ0n) is 17.6. The highest BCUT2D eigenvalue weighted by Gasteiger charge is 2.18. The molecule has 0 aliphatic rings. The summed E-state index contributed by atoms with van der Waals surface area (Å²) in [4.78, 5) is 12.7. The van der Waals surface area contributed by atoms with Crippen LogP contribution in [0.3, 0.4) is 0 Å². The Morgan fingerprint density at radius 2 is 1.94 bits per heavy atom. The molecule has 0 saturated heterocycles. The molecule has 6 nitrogen and oxygen atoms in total. The van der Waals surface area contributed by atoms with Crippen molar-refractivity contribution in [2.45, 2.75) is 27.0 Å². The predicted octanol–water partition coefficient (Wildman–Crippen LogP) is 5.77. The number of hydrogen-bond acceptors (Lipinski definition) is 4. The Hall–Kier alpha value is -3.58. The molecule has 4 rings (SSSR count). The van der Waals surface area contributed by atoms with Crippen molar-refractivity contribution in [2.75, 3.05) is 5.32 Å². The molecular formula is C24H21ClFN3O3. The van der Waals surface area contributed by atoms with Gasteiger partial charge in [-0.25, -0.2) is 4.39 Å². The molecule has 0 unspecified atom stereocenters. The molecule has 0 fully saturated rings. The second kappa shape index (κ2) is 9.28. The number of amides is 1. The van der Waals surface area contributed by atoms with Crippen molar-refractivity contribution in [3.05, 3.63) is 100.0 Å². The number of aryl methyl sites for hydroxylation is 1. The Morgan fingerprint density at radius 3 is 2.69 bits per heavy atom. The van der Waals surface area contributed by atoms with Crippen LogP contribution in [0.1, 0.15) is 33.3 Å². The van der Waals surface area contributed by atoms with Crippen molar-refractivity contribution >= 4 is 23.2 Å². The highest BCUT2D eigenvalue weighted by Crippen LogP contribution is 2.26. The summed E-state index contributed by atoms with van der Waals surface area (Å²) in [5, 5.41) is 7.59. The van der Waals surface area contributed by atoms with E-state index in [1.165, 1.54) is 18.2 Å². The topological polar surface area (TPSA) is 69.3 Å². The largest absolute Gasteiger partial charge is 0.484 e. The van der Waals surface area contributed by atoms with E-state index in [0.29, 0.717) is 29.4 Å². The van der Waals surface area contributed by atoms with Gasteiger partial charge in [0.1, 0.15) is 23.9 Å². The number of carbonyl (C=O) groups is 1. The summed E-state index contributed by atoms with van der Waals surface area (Å²) >= 11 is 5.96. The first-order valence-corrected chi connectivity index (χ1v) is 10.3. The van der Waals surface area contributed by atoms with Crippen LogP contribution in [0.5, 0.6) is 5.75 Å². The van der Waals surface area contributed by atoms with Gasteiger partial charge in [-0.15, -0.1) is 0 Å². The second-order valence-electron chi connectivity index (χ2n) is 7.27. The Morgan fingerprint density at radius 1 is 1.16 bits per heavy atom.